The first-order valence-corrected chi connectivity index (χ1v) is 7.47. The Balaban J connectivity index is 1.80. The van der Waals surface area contributed by atoms with Gasteiger partial charge in [0.1, 0.15) is 5.75 Å². The molecule has 0 fully saturated rings. The van der Waals surface area contributed by atoms with Gasteiger partial charge in [-0.2, -0.15) is 0 Å². The van der Waals surface area contributed by atoms with E-state index in [4.69, 9.17) is 4.74 Å². The highest BCUT2D eigenvalue weighted by Gasteiger charge is 2.05. The number of methoxy groups -OCH3 is 1. The summed E-state index contributed by atoms with van der Waals surface area (Å²) in [6, 6.07) is 11.5. The number of ether oxygens (including phenoxy) is 1. The first-order chi connectivity index (χ1) is 10.2. The van der Waals surface area contributed by atoms with E-state index in [9.17, 15) is 4.79 Å². The first kappa shape index (κ1) is 15.5. The van der Waals surface area contributed by atoms with Crippen LogP contribution in [0.4, 0.5) is 0 Å². The lowest BCUT2D eigenvalue weighted by Gasteiger charge is -2.07. The summed E-state index contributed by atoms with van der Waals surface area (Å²) in [5.74, 6) is 0.811. The van der Waals surface area contributed by atoms with Crippen LogP contribution in [0.15, 0.2) is 47.1 Å². The minimum absolute atomic E-state index is 0.0209. The van der Waals surface area contributed by atoms with Crippen LogP contribution in [-0.2, 0) is 17.8 Å². The molecule has 2 rings (SSSR count). The van der Waals surface area contributed by atoms with Gasteiger partial charge in [0.2, 0.25) is 5.91 Å². The second kappa shape index (κ2) is 7.78. The van der Waals surface area contributed by atoms with Crippen molar-refractivity contribution in [2.24, 2.45) is 0 Å². The molecular formula is C16H17BrN2O2. The largest absolute Gasteiger partial charge is 0.496 e. The first-order valence-electron chi connectivity index (χ1n) is 6.68. The minimum Gasteiger partial charge on any atom is -0.496 e. The van der Waals surface area contributed by atoms with E-state index >= 15 is 0 Å². The van der Waals surface area contributed by atoms with E-state index in [1.54, 1.807) is 13.3 Å². The van der Waals surface area contributed by atoms with Crippen molar-refractivity contribution in [3.8, 4) is 5.75 Å². The maximum absolute atomic E-state index is 11.8. The second-order valence-electron chi connectivity index (χ2n) is 4.57. The quantitative estimate of drug-likeness (QED) is 0.872. The number of rotatable bonds is 6. The van der Waals surface area contributed by atoms with Gasteiger partial charge in [0.25, 0.3) is 0 Å². The Morgan fingerprint density at radius 1 is 1.33 bits per heavy atom. The van der Waals surface area contributed by atoms with E-state index in [0.717, 1.165) is 21.5 Å². The van der Waals surface area contributed by atoms with Crippen LogP contribution in [0.25, 0.3) is 0 Å². The third kappa shape index (κ3) is 4.86. The fourth-order valence-electron chi connectivity index (χ4n) is 1.90. The summed E-state index contributed by atoms with van der Waals surface area (Å²) in [6.45, 7) is 0.464. The molecule has 5 heteroatoms. The minimum atomic E-state index is 0.0209. The molecule has 1 amide bonds. The summed E-state index contributed by atoms with van der Waals surface area (Å²) in [4.78, 5) is 16.0. The molecular weight excluding hydrogens is 332 g/mol. The van der Waals surface area contributed by atoms with E-state index in [-0.39, 0.29) is 5.91 Å². The third-order valence-corrected chi connectivity index (χ3v) is 3.67. The third-order valence-electron chi connectivity index (χ3n) is 3.05. The predicted molar refractivity (Wildman–Crippen MR) is 85.1 cm³/mol. The number of amides is 1. The maximum Gasteiger partial charge on any atom is 0.220 e. The molecule has 0 aliphatic heterocycles. The molecule has 0 radical (unpaired) electrons. The summed E-state index contributed by atoms with van der Waals surface area (Å²) in [7, 11) is 1.63. The van der Waals surface area contributed by atoms with Crippen LogP contribution in [0, 0.1) is 0 Å². The molecule has 21 heavy (non-hydrogen) atoms. The highest BCUT2D eigenvalue weighted by Crippen LogP contribution is 2.25. The molecule has 0 spiro atoms. The number of carbonyl (C=O) groups is 1. The average molecular weight is 349 g/mol. The highest BCUT2D eigenvalue weighted by atomic mass is 79.9. The summed E-state index contributed by atoms with van der Waals surface area (Å²) in [6.07, 6.45) is 2.86. The van der Waals surface area contributed by atoms with Gasteiger partial charge in [-0.1, -0.05) is 12.1 Å². The molecule has 0 aliphatic rings. The molecule has 2 aromatic rings. The van der Waals surface area contributed by atoms with E-state index in [1.165, 1.54) is 0 Å². The molecule has 0 atom stereocenters. The number of aromatic nitrogens is 1. The lowest BCUT2D eigenvalue weighted by Crippen LogP contribution is -2.23. The summed E-state index contributed by atoms with van der Waals surface area (Å²) >= 11 is 3.44. The zero-order valence-corrected chi connectivity index (χ0v) is 13.4. The number of carbonyl (C=O) groups excluding carboxylic acids is 1. The molecule has 1 heterocycles. The molecule has 0 saturated carbocycles. The molecule has 1 N–H and O–H groups in total. The maximum atomic E-state index is 11.8. The lowest BCUT2D eigenvalue weighted by atomic mass is 10.1. The van der Waals surface area contributed by atoms with Gasteiger partial charge in [-0.05, 0) is 52.2 Å². The van der Waals surface area contributed by atoms with Crippen molar-refractivity contribution in [1.82, 2.24) is 10.3 Å². The molecule has 0 bridgehead atoms. The molecule has 0 aliphatic carbocycles. The standard InChI is InChI=1S/C16H17BrN2O2/c1-21-15-7-5-12(10-14(15)17)6-8-16(20)19-11-13-4-2-3-9-18-13/h2-5,7,9-10H,6,8,11H2,1H3,(H,19,20). The molecule has 4 nitrogen and oxygen atoms in total. The van der Waals surface area contributed by atoms with Crippen LogP contribution in [0.1, 0.15) is 17.7 Å². The van der Waals surface area contributed by atoms with Crippen molar-refractivity contribution in [2.45, 2.75) is 19.4 Å². The number of aryl methyl sites for hydroxylation is 1. The number of hydrogen-bond donors (Lipinski definition) is 1. The van der Waals surface area contributed by atoms with Crippen molar-refractivity contribution in [3.63, 3.8) is 0 Å². The van der Waals surface area contributed by atoms with Crippen molar-refractivity contribution >= 4 is 21.8 Å². The van der Waals surface area contributed by atoms with Gasteiger partial charge in [-0.3, -0.25) is 9.78 Å². The predicted octanol–water partition coefficient (Wildman–Crippen LogP) is 3.10. The van der Waals surface area contributed by atoms with Crippen molar-refractivity contribution in [3.05, 3.63) is 58.3 Å². The Hall–Kier alpha value is -1.88. The number of hydrogen-bond acceptors (Lipinski definition) is 3. The number of nitrogens with one attached hydrogen (secondary N) is 1. The van der Waals surface area contributed by atoms with Crippen molar-refractivity contribution in [1.29, 1.82) is 0 Å². The van der Waals surface area contributed by atoms with Gasteiger partial charge >= 0.3 is 0 Å². The van der Waals surface area contributed by atoms with Gasteiger partial charge in [-0.15, -0.1) is 0 Å². The van der Waals surface area contributed by atoms with E-state index in [0.29, 0.717) is 19.4 Å². The Labute approximate surface area is 132 Å². The Morgan fingerprint density at radius 2 is 2.19 bits per heavy atom. The molecule has 1 aromatic carbocycles. The van der Waals surface area contributed by atoms with Crippen molar-refractivity contribution in [2.75, 3.05) is 7.11 Å². The molecule has 1 aromatic heterocycles. The van der Waals surface area contributed by atoms with E-state index in [2.05, 4.69) is 26.2 Å². The van der Waals surface area contributed by atoms with Crippen LogP contribution in [-0.4, -0.2) is 18.0 Å². The van der Waals surface area contributed by atoms with Crippen LogP contribution in [0.2, 0.25) is 0 Å². The fourth-order valence-corrected chi connectivity index (χ4v) is 2.49. The van der Waals surface area contributed by atoms with Gasteiger partial charge in [0, 0.05) is 12.6 Å². The smallest absolute Gasteiger partial charge is 0.220 e. The molecule has 110 valence electrons. The summed E-state index contributed by atoms with van der Waals surface area (Å²) < 4.78 is 6.08. The topological polar surface area (TPSA) is 51.2 Å². The SMILES string of the molecule is COc1ccc(CCC(=O)NCc2ccccn2)cc1Br. The van der Waals surface area contributed by atoms with E-state index in [1.807, 2.05) is 36.4 Å². The van der Waals surface area contributed by atoms with Gasteiger partial charge in [0.15, 0.2) is 0 Å². The number of nitrogens with zero attached hydrogens (tertiary/aromatic N) is 1. The second-order valence-corrected chi connectivity index (χ2v) is 5.42. The average Bonchev–Trinajstić information content (AvgIpc) is 2.52. The van der Waals surface area contributed by atoms with Gasteiger partial charge in [-0.25, -0.2) is 0 Å². The molecule has 0 unspecified atom stereocenters. The Kier molecular flexibility index (Phi) is 5.75. The zero-order valence-electron chi connectivity index (χ0n) is 11.8. The normalized spacial score (nSPS) is 10.2. The zero-order chi connectivity index (χ0) is 15.1. The Bertz CT molecular complexity index is 602. The van der Waals surface area contributed by atoms with Gasteiger partial charge in [0.05, 0.1) is 23.8 Å². The van der Waals surface area contributed by atoms with Crippen LogP contribution in [0.5, 0.6) is 5.75 Å². The monoisotopic (exact) mass is 348 g/mol. The summed E-state index contributed by atoms with van der Waals surface area (Å²) in [5, 5.41) is 2.87. The fraction of sp³-hybridized carbons (Fsp3) is 0.250. The molecule has 0 saturated heterocycles. The number of pyridine rings is 1. The number of halogens is 1. The van der Waals surface area contributed by atoms with Crippen LogP contribution >= 0.6 is 15.9 Å². The Morgan fingerprint density at radius 3 is 2.86 bits per heavy atom. The summed E-state index contributed by atoms with van der Waals surface area (Å²) in [5.41, 5.74) is 1.95. The lowest BCUT2D eigenvalue weighted by molar-refractivity contribution is -0.121. The van der Waals surface area contributed by atoms with Crippen molar-refractivity contribution < 1.29 is 9.53 Å². The van der Waals surface area contributed by atoms with Gasteiger partial charge < -0.3 is 10.1 Å². The van der Waals surface area contributed by atoms with Crippen LogP contribution in [0.3, 0.4) is 0 Å². The highest BCUT2D eigenvalue weighted by molar-refractivity contribution is 9.10. The number of benzene rings is 1. The van der Waals surface area contributed by atoms with Crippen LogP contribution < -0.4 is 10.1 Å². The van der Waals surface area contributed by atoms with E-state index < -0.39 is 0 Å².